The van der Waals surface area contributed by atoms with Crippen molar-refractivity contribution in [3.05, 3.63) is 22.9 Å². The maximum Gasteiger partial charge on any atom is 0.152 e. The van der Waals surface area contributed by atoms with E-state index in [-0.39, 0.29) is 6.61 Å². The van der Waals surface area contributed by atoms with Crippen LogP contribution >= 0.6 is 0 Å². The molecule has 0 aromatic rings. The highest BCUT2D eigenvalue weighted by atomic mass is 16.5. The summed E-state index contributed by atoms with van der Waals surface area (Å²) in [7, 11) is 0. The summed E-state index contributed by atoms with van der Waals surface area (Å²) in [6.45, 7) is 2.02. The van der Waals surface area contributed by atoms with Gasteiger partial charge >= 0.3 is 0 Å². The van der Waals surface area contributed by atoms with Gasteiger partial charge in [-0.1, -0.05) is 5.92 Å². The number of nitrogens with zero attached hydrogens (tertiary/aromatic N) is 3. The van der Waals surface area contributed by atoms with Gasteiger partial charge in [-0.2, -0.15) is 5.10 Å². The molecule has 3 heterocycles. The van der Waals surface area contributed by atoms with E-state index in [0.29, 0.717) is 30.1 Å². The van der Waals surface area contributed by atoms with Gasteiger partial charge in [0.25, 0.3) is 0 Å². The van der Waals surface area contributed by atoms with Gasteiger partial charge in [-0.15, -0.1) is 6.42 Å². The number of nitrogens with two attached hydrogens (primary N) is 1. The lowest BCUT2D eigenvalue weighted by atomic mass is 9.95. The van der Waals surface area contributed by atoms with Gasteiger partial charge in [-0.25, -0.2) is 4.99 Å². The van der Waals surface area contributed by atoms with E-state index in [1.165, 1.54) is 6.34 Å². The Morgan fingerprint density at radius 1 is 1.64 bits per heavy atom. The van der Waals surface area contributed by atoms with E-state index < -0.39 is 17.8 Å². The van der Waals surface area contributed by atoms with Gasteiger partial charge in [0.1, 0.15) is 18.1 Å². The average molecular weight is 302 g/mol. The van der Waals surface area contributed by atoms with Gasteiger partial charge < -0.3 is 20.7 Å². The van der Waals surface area contributed by atoms with Gasteiger partial charge in [-0.05, 0) is 18.6 Å². The quantitative estimate of drug-likeness (QED) is 0.587. The van der Waals surface area contributed by atoms with Crippen molar-refractivity contribution < 1.29 is 14.9 Å². The largest absolute Gasteiger partial charge is 0.393 e. The highest BCUT2D eigenvalue weighted by Gasteiger charge is 2.44. The molecule has 1 fully saturated rings. The van der Waals surface area contributed by atoms with E-state index >= 15 is 0 Å². The maximum atomic E-state index is 10.3. The highest BCUT2D eigenvalue weighted by molar-refractivity contribution is 6.03. The number of terminal acetylenes is 1. The van der Waals surface area contributed by atoms with E-state index in [0.717, 1.165) is 5.57 Å². The molecule has 3 unspecified atom stereocenters. The first-order chi connectivity index (χ1) is 10.5. The topological polar surface area (TPSA) is 104 Å². The number of allylic oxidation sites excluding steroid dienone is 2. The number of amidine groups is 1. The van der Waals surface area contributed by atoms with Gasteiger partial charge in [0.2, 0.25) is 0 Å². The fraction of sp³-hybridized carbons (Fsp3) is 0.467. The van der Waals surface area contributed by atoms with Crippen molar-refractivity contribution in [3.63, 3.8) is 0 Å². The lowest BCUT2D eigenvalue weighted by Gasteiger charge is -2.32. The average Bonchev–Trinajstić information content (AvgIpc) is 2.82. The zero-order valence-electron chi connectivity index (χ0n) is 12.2. The molecule has 0 aliphatic carbocycles. The number of hydrogen-bond acceptors (Lipinski definition) is 7. The Morgan fingerprint density at radius 3 is 3.05 bits per heavy atom. The van der Waals surface area contributed by atoms with E-state index in [4.69, 9.17) is 16.9 Å². The van der Waals surface area contributed by atoms with E-state index in [9.17, 15) is 10.2 Å². The van der Waals surface area contributed by atoms with Crippen molar-refractivity contribution in [2.75, 3.05) is 13.2 Å². The Bertz CT molecular complexity index is 658. The molecule has 7 heteroatoms. The summed E-state index contributed by atoms with van der Waals surface area (Å²) in [6.07, 6.45) is 7.83. The Hall–Kier alpha value is -2.14. The molecular weight excluding hydrogens is 284 g/mol. The van der Waals surface area contributed by atoms with Crippen LogP contribution < -0.4 is 5.73 Å². The smallest absolute Gasteiger partial charge is 0.152 e. The van der Waals surface area contributed by atoms with Gasteiger partial charge in [0.15, 0.2) is 5.84 Å². The molecule has 3 rings (SSSR count). The minimum Gasteiger partial charge on any atom is -0.393 e. The summed E-state index contributed by atoms with van der Waals surface area (Å²) in [5, 5.41) is 25.5. The Morgan fingerprint density at radius 2 is 2.41 bits per heavy atom. The van der Waals surface area contributed by atoms with Crippen LogP contribution in [0.4, 0.5) is 0 Å². The van der Waals surface area contributed by atoms with Crippen LogP contribution in [-0.4, -0.2) is 58.4 Å². The minimum absolute atomic E-state index is 0.154. The number of hydrogen-bond donors (Lipinski definition) is 3. The van der Waals surface area contributed by atoms with Crippen molar-refractivity contribution in [1.29, 1.82) is 0 Å². The highest BCUT2D eigenvalue weighted by Crippen LogP contribution is 2.36. The molecule has 1 saturated heterocycles. The molecular formula is C15H18N4O3. The van der Waals surface area contributed by atoms with Crippen molar-refractivity contribution >= 4 is 12.2 Å². The molecule has 22 heavy (non-hydrogen) atoms. The first-order valence-electron chi connectivity index (χ1n) is 6.99. The molecule has 116 valence electrons. The summed E-state index contributed by atoms with van der Waals surface area (Å²) >= 11 is 0. The molecule has 0 radical (unpaired) electrons. The number of aliphatic imine (C=N–C) groups is 1. The summed E-state index contributed by atoms with van der Waals surface area (Å²) in [6, 6.07) is 0. The molecule has 3 aliphatic heterocycles. The normalized spacial score (nSPS) is 34.2. The molecule has 0 aromatic carbocycles. The second-order valence-electron chi connectivity index (χ2n) is 5.85. The van der Waals surface area contributed by atoms with E-state index in [1.807, 2.05) is 0 Å². The fourth-order valence-electron chi connectivity index (χ4n) is 2.96. The summed E-state index contributed by atoms with van der Waals surface area (Å²) in [4.78, 5) is 3.95. The molecule has 0 amide bonds. The van der Waals surface area contributed by atoms with Crippen molar-refractivity contribution in [1.82, 2.24) is 5.01 Å². The van der Waals surface area contributed by atoms with Gasteiger partial charge in [-0.3, -0.25) is 5.01 Å². The Balaban J connectivity index is 1.96. The van der Waals surface area contributed by atoms with Crippen LogP contribution in [0, 0.1) is 12.3 Å². The molecule has 0 aromatic heterocycles. The number of fused-ring (bicyclic) bond motifs is 1. The zero-order valence-corrected chi connectivity index (χ0v) is 12.2. The van der Waals surface area contributed by atoms with Gasteiger partial charge in [0.05, 0.1) is 30.4 Å². The fourth-order valence-corrected chi connectivity index (χ4v) is 2.96. The van der Waals surface area contributed by atoms with Crippen LogP contribution in [0.3, 0.4) is 0 Å². The predicted octanol–water partition coefficient (Wildman–Crippen LogP) is -0.669. The van der Waals surface area contributed by atoms with E-state index in [1.54, 1.807) is 18.0 Å². The first-order valence-corrected chi connectivity index (χ1v) is 6.99. The molecule has 3 atom stereocenters. The van der Waals surface area contributed by atoms with Crippen LogP contribution in [-0.2, 0) is 4.74 Å². The monoisotopic (exact) mass is 302 g/mol. The second kappa shape index (κ2) is 5.25. The van der Waals surface area contributed by atoms with Crippen LogP contribution in [0.2, 0.25) is 0 Å². The van der Waals surface area contributed by atoms with E-state index in [2.05, 4.69) is 16.0 Å². The second-order valence-corrected chi connectivity index (χ2v) is 5.85. The number of ether oxygens (including phenoxy) is 1. The summed E-state index contributed by atoms with van der Waals surface area (Å²) < 4.78 is 5.85. The Labute approximate surface area is 128 Å². The predicted molar refractivity (Wildman–Crippen MR) is 81.8 cm³/mol. The molecule has 4 N–H and O–H groups in total. The molecule has 3 aliphatic rings. The summed E-state index contributed by atoms with van der Waals surface area (Å²) in [5.74, 6) is 2.89. The lowest BCUT2D eigenvalue weighted by molar-refractivity contribution is -0.0563. The minimum atomic E-state index is -0.753. The van der Waals surface area contributed by atoms with Crippen LogP contribution in [0.5, 0.6) is 0 Å². The van der Waals surface area contributed by atoms with Crippen molar-refractivity contribution in [2.45, 2.75) is 31.2 Å². The summed E-state index contributed by atoms with van der Waals surface area (Å²) in [5.41, 5.74) is 7.05. The Kier molecular flexibility index (Phi) is 3.53. The third-order valence-corrected chi connectivity index (χ3v) is 4.06. The maximum absolute atomic E-state index is 10.3. The SMILES string of the molecule is C#CC1=C2C(N)=NC=NN2CC(C2OC(C)(CO)CC2O)=C1. The standard InChI is InChI=1S/C15H18N4O3/c1-3-9-4-10(6-19-12(9)14(16)17-8-18-19)13-11(21)5-15(2,7-20)22-13/h1,4,8,11,13,20-21H,5-7H2,2H3,(H2,16,17,18). The third-order valence-electron chi connectivity index (χ3n) is 4.06. The van der Waals surface area contributed by atoms with Crippen LogP contribution in [0.1, 0.15) is 13.3 Å². The first kappa shape index (κ1) is 14.8. The molecule has 0 spiro atoms. The van der Waals surface area contributed by atoms with Crippen molar-refractivity contribution in [2.24, 2.45) is 15.8 Å². The number of aliphatic hydroxyl groups is 2. The molecule has 0 bridgehead atoms. The van der Waals surface area contributed by atoms with Crippen molar-refractivity contribution in [3.8, 4) is 12.3 Å². The lowest BCUT2D eigenvalue weighted by Crippen LogP contribution is -2.39. The third kappa shape index (κ3) is 2.31. The van der Waals surface area contributed by atoms with Crippen LogP contribution in [0.25, 0.3) is 0 Å². The molecule has 0 saturated carbocycles. The zero-order chi connectivity index (χ0) is 15.9. The molecule has 7 nitrogen and oxygen atoms in total. The van der Waals surface area contributed by atoms with Gasteiger partial charge in [0, 0.05) is 6.42 Å². The number of hydrazone groups is 1. The number of rotatable bonds is 2. The van der Waals surface area contributed by atoms with Crippen LogP contribution in [0.15, 0.2) is 33.0 Å². The number of aliphatic hydroxyl groups excluding tert-OH is 2.